The normalized spacial score (nSPS) is 30.3. The smallest absolute Gasteiger partial charge is 0.315 e. The summed E-state index contributed by atoms with van der Waals surface area (Å²) in [5.41, 5.74) is 6.08. The fraction of sp³-hybridized carbons (Fsp3) is 0.462. The molecule has 9 nitrogen and oxygen atoms in total. The SMILES string of the molecule is CC1C(CSc2ncn[nH]2)OC(c2ccc(-c3ccccc3CNC(=O)NC34CC5CC(CC(C5)C3)C4)cc2)OC1c1ccc(CO)cc1. The van der Waals surface area contributed by atoms with Crippen LogP contribution < -0.4 is 10.6 Å². The maximum atomic E-state index is 13.2. The number of ether oxygens (including phenoxy) is 2. The van der Waals surface area contributed by atoms with Gasteiger partial charge in [-0.1, -0.05) is 91.5 Å². The Bertz CT molecular complexity index is 1700. The van der Waals surface area contributed by atoms with E-state index < -0.39 is 6.29 Å². The number of benzene rings is 3. The predicted molar refractivity (Wildman–Crippen MR) is 188 cm³/mol. The lowest BCUT2D eigenvalue weighted by atomic mass is 9.53. The molecule has 4 unspecified atom stereocenters. The highest BCUT2D eigenvalue weighted by Gasteiger charge is 2.51. The van der Waals surface area contributed by atoms with Crippen molar-refractivity contribution in [3.05, 3.63) is 101 Å². The fourth-order valence-electron chi connectivity index (χ4n) is 9.23. The van der Waals surface area contributed by atoms with E-state index in [4.69, 9.17) is 9.47 Å². The molecule has 1 aliphatic heterocycles. The van der Waals surface area contributed by atoms with Crippen LogP contribution in [0, 0.1) is 23.7 Å². The van der Waals surface area contributed by atoms with Crippen molar-refractivity contribution in [1.82, 2.24) is 25.8 Å². The molecule has 9 rings (SSSR count). The van der Waals surface area contributed by atoms with Crippen molar-refractivity contribution in [2.75, 3.05) is 5.75 Å². The Hall–Kier alpha value is -3.70. The number of aromatic nitrogens is 3. The Balaban J connectivity index is 0.960. The van der Waals surface area contributed by atoms with Gasteiger partial charge in [0, 0.05) is 29.3 Å². The van der Waals surface area contributed by atoms with Gasteiger partial charge in [0.2, 0.25) is 0 Å². The van der Waals surface area contributed by atoms with Crippen LogP contribution in [-0.4, -0.2) is 43.7 Å². The largest absolute Gasteiger partial charge is 0.392 e. The van der Waals surface area contributed by atoms with E-state index in [1.54, 1.807) is 11.8 Å². The number of H-pyrrole nitrogens is 1. The van der Waals surface area contributed by atoms with Gasteiger partial charge in [0.05, 0.1) is 18.8 Å². The standard InChI is InChI=1S/C39H45N5O4S/c1-24-34(22-49-38-41-23-42-44-38)47-36(48-35(24)30-8-6-25(21-45)7-9-30)31-12-10-29(11-13-31)33-5-3-2-4-32(33)20-40-37(46)43-39-17-26-14-27(18-39)16-28(15-26)19-39/h2-13,23-24,26-28,34-36,45H,14-22H2,1H3,(H2,40,43,46)(H,41,42,44). The number of aliphatic hydroxyl groups excluding tert-OH is 1. The van der Waals surface area contributed by atoms with E-state index in [1.165, 1.54) is 25.6 Å². The van der Waals surface area contributed by atoms with Gasteiger partial charge in [-0.3, -0.25) is 5.10 Å². The lowest BCUT2D eigenvalue weighted by Gasteiger charge is -2.56. The first kappa shape index (κ1) is 32.5. The van der Waals surface area contributed by atoms with Crippen molar-refractivity contribution in [3.63, 3.8) is 0 Å². The first-order valence-corrected chi connectivity index (χ1v) is 18.7. The van der Waals surface area contributed by atoms with E-state index in [0.29, 0.717) is 12.3 Å². The minimum absolute atomic E-state index is 0.00409. The van der Waals surface area contributed by atoms with Crippen molar-refractivity contribution < 1.29 is 19.4 Å². The Kier molecular flexibility index (Phi) is 9.22. The topological polar surface area (TPSA) is 121 Å². The molecule has 0 radical (unpaired) electrons. The van der Waals surface area contributed by atoms with E-state index in [2.05, 4.69) is 69.1 Å². The monoisotopic (exact) mass is 679 g/mol. The van der Waals surface area contributed by atoms with Gasteiger partial charge in [-0.25, -0.2) is 9.78 Å². The molecule has 5 fully saturated rings. The molecule has 4 atom stereocenters. The summed E-state index contributed by atoms with van der Waals surface area (Å²) in [7, 11) is 0. The van der Waals surface area contributed by atoms with Crippen LogP contribution in [0.3, 0.4) is 0 Å². The number of carbonyl (C=O) groups excluding carboxylic acids is 1. The van der Waals surface area contributed by atoms with Crippen LogP contribution >= 0.6 is 11.8 Å². The van der Waals surface area contributed by atoms with Crippen LogP contribution in [0.25, 0.3) is 11.1 Å². The first-order chi connectivity index (χ1) is 23.9. The second kappa shape index (κ2) is 13.9. The molecule has 10 heteroatoms. The Morgan fingerprint density at radius 2 is 1.63 bits per heavy atom. The van der Waals surface area contributed by atoms with Gasteiger partial charge in [0.25, 0.3) is 0 Å². The van der Waals surface area contributed by atoms with Crippen molar-refractivity contribution >= 4 is 17.8 Å². The van der Waals surface area contributed by atoms with Gasteiger partial charge >= 0.3 is 6.03 Å². The number of nitrogens with one attached hydrogen (secondary N) is 3. The quantitative estimate of drug-likeness (QED) is 0.130. The van der Waals surface area contributed by atoms with Crippen molar-refractivity contribution in [2.24, 2.45) is 23.7 Å². The number of thioether (sulfide) groups is 1. The van der Waals surface area contributed by atoms with E-state index in [-0.39, 0.29) is 36.3 Å². The highest BCUT2D eigenvalue weighted by atomic mass is 32.2. The Morgan fingerprint density at radius 3 is 2.31 bits per heavy atom. The third-order valence-electron chi connectivity index (χ3n) is 11.3. The minimum atomic E-state index is -0.557. The summed E-state index contributed by atoms with van der Waals surface area (Å²) in [6.45, 7) is 2.62. The zero-order chi connectivity index (χ0) is 33.4. The summed E-state index contributed by atoms with van der Waals surface area (Å²) in [5.74, 6) is 3.13. The van der Waals surface area contributed by atoms with Crippen LogP contribution in [0.1, 0.15) is 80.1 Å². The third-order valence-corrected chi connectivity index (χ3v) is 12.2. The molecule has 3 aromatic carbocycles. The van der Waals surface area contributed by atoms with Gasteiger partial charge in [-0.2, -0.15) is 5.10 Å². The summed E-state index contributed by atoms with van der Waals surface area (Å²) >= 11 is 1.58. The van der Waals surface area contributed by atoms with E-state index in [0.717, 1.165) is 75.6 Å². The predicted octanol–water partition coefficient (Wildman–Crippen LogP) is 7.32. The highest BCUT2D eigenvalue weighted by Crippen LogP contribution is 2.55. The summed E-state index contributed by atoms with van der Waals surface area (Å²) in [5, 5.41) is 23.9. The molecule has 256 valence electrons. The molecule has 2 amide bonds. The number of rotatable bonds is 10. The molecule has 0 spiro atoms. The summed E-state index contributed by atoms with van der Waals surface area (Å²) < 4.78 is 13.3. The Morgan fingerprint density at radius 1 is 0.939 bits per heavy atom. The van der Waals surface area contributed by atoms with Crippen LogP contribution in [0.15, 0.2) is 84.3 Å². The van der Waals surface area contributed by atoms with Gasteiger partial charge in [0.15, 0.2) is 11.4 Å². The van der Waals surface area contributed by atoms with Crippen LogP contribution in [0.5, 0.6) is 0 Å². The lowest BCUT2D eigenvalue weighted by molar-refractivity contribution is -0.268. The molecule has 1 saturated heterocycles. The zero-order valence-corrected chi connectivity index (χ0v) is 28.7. The summed E-state index contributed by atoms with van der Waals surface area (Å²) in [6, 6.07) is 24.6. The van der Waals surface area contributed by atoms with Crippen LogP contribution in [0.2, 0.25) is 0 Å². The van der Waals surface area contributed by atoms with Crippen molar-refractivity contribution in [2.45, 2.75) is 87.8 Å². The van der Waals surface area contributed by atoms with Gasteiger partial charge in [0.1, 0.15) is 6.33 Å². The molecule has 4 aliphatic carbocycles. The van der Waals surface area contributed by atoms with Crippen molar-refractivity contribution in [1.29, 1.82) is 0 Å². The molecular weight excluding hydrogens is 635 g/mol. The number of aromatic amines is 1. The third kappa shape index (κ3) is 7.01. The number of hydrogen-bond acceptors (Lipinski definition) is 7. The fourth-order valence-corrected chi connectivity index (χ4v) is 10.2. The second-order valence-electron chi connectivity index (χ2n) is 14.7. The van der Waals surface area contributed by atoms with Crippen LogP contribution in [-0.2, 0) is 22.6 Å². The maximum Gasteiger partial charge on any atom is 0.315 e. The van der Waals surface area contributed by atoms with Crippen molar-refractivity contribution in [3.8, 4) is 11.1 Å². The molecule has 49 heavy (non-hydrogen) atoms. The van der Waals surface area contributed by atoms with E-state index in [1.807, 2.05) is 36.4 Å². The molecule has 5 aliphatic rings. The molecule has 4 bridgehead atoms. The Labute approximate surface area is 292 Å². The molecule has 1 aromatic heterocycles. The maximum absolute atomic E-state index is 13.2. The molecular formula is C39H45N5O4S. The molecule has 4 aromatic rings. The van der Waals surface area contributed by atoms with Gasteiger partial charge in [-0.15, -0.1) is 0 Å². The first-order valence-electron chi connectivity index (χ1n) is 17.7. The number of amides is 2. The number of carbonyl (C=O) groups is 1. The number of aliphatic hydroxyl groups is 1. The molecule has 2 heterocycles. The highest BCUT2D eigenvalue weighted by molar-refractivity contribution is 7.99. The summed E-state index contributed by atoms with van der Waals surface area (Å²) in [6.07, 6.45) is 8.15. The van der Waals surface area contributed by atoms with Gasteiger partial charge < -0.3 is 25.2 Å². The van der Waals surface area contributed by atoms with Gasteiger partial charge in [-0.05, 0) is 84.1 Å². The minimum Gasteiger partial charge on any atom is -0.392 e. The average Bonchev–Trinajstić information content (AvgIpc) is 3.64. The lowest BCUT2D eigenvalue weighted by Crippen LogP contribution is -2.61. The molecule has 4 saturated carbocycles. The summed E-state index contributed by atoms with van der Waals surface area (Å²) in [4.78, 5) is 17.5. The zero-order valence-electron chi connectivity index (χ0n) is 27.9. The number of urea groups is 1. The molecule has 4 N–H and O–H groups in total. The van der Waals surface area contributed by atoms with Crippen LogP contribution in [0.4, 0.5) is 4.79 Å². The number of hydrogen-bond donors (Lipinski definition) is 4. The number of nitrogens with zero attached hydrogens (tertiary/aromatic N) is 2. The van der Waals surface area contributed by atoms with E-state index in [9.17, 15) is 9.90 Å². The average molecular weight is 680 g/mol. The second-order valence-corrected chi connectivity index (χ2v) is 15.7. The van der Waals surface area contributed by atoms with E-state index >= 15 is 0 Å².